The average Bonchev–Trinajstić information content (AvgIpc) is 2.89. The molecule has 1 aliphatic rings. The molecule has 1 heterocycles. The third-order valence-electron chi connectivity index (χ3n) is 5.57. The third kappa shape index (κ3) is 6.65. The zero-order chi connectivity index (χ0) is 25.3. The van der Waals surface area contributed by atoms with Crippen LogP contribution in [0.1, 0.15) is 16.7 Å². The topological polar surface area (TPSA) is 96.7 Å². The van der Waals surface area contributed by atoms with Crippen molar-refractivity contribution in [2.75, 3.05) is 37.4 Å². The van der Waals surface area contributed by atoms with Gasteiger partial charge in [-0.15, -0.1) is 0 Å². The molecule has 184 valence electrons. The SMILES string of the molecule is Nc1ccccc1NC(=O)/C=C/c1ccc(C=C(C(=O)NN2CCOCC2)c2ccccc2F)cc1. The Morgan fingerprint density at radius 2 is 1.58 bits per heavy atom. The molecule has 1 fully saturated rings. The lowest BCUT2D eigenvalue weighted by molar-refractivity contribution is -0.122. The van der Waals surface area contributed by atoms with E-state index in [1.807, 2.05) is 12.1 Å². The lowest BCUT2D eigenvalue weighted by Crippen LogP contribution is -2.48. The summed E-state index contributed by atoms with van der Waals surface area (Å²) in [5.74, 6) is -1.19. The first-order valence-electron chi connectivity index (χ1n) is 11.5. The Balaban J connectivity index is 1.50. The maximum atomic E-state index is 14.6. The lowest BCUT2D eigenvalue weighted by Gasteiger charge is -2.27. The Bertz CT molecular complexity index is 1280. The van der Waals surface area contributed by atoms with Crippen molar-refractivity contribution in [3.05, 3.63) is 101 Å². The predicted octanol–water partition coefficient (Wildman–Crippen LogP) is 3.96. The number of morpholine rings is 1. The predicted molar refractivity (Wildman–Crippen MR) is 140 cm³/mol. The second kappa shape index (κ2) is 11.9. The van der Waals surface area contributed by atoms with Gasteiger partial charge in [0.25, 0.3) is 5.91 Å². The largest absolute Gasteiger partial charge is 0.397 e. The van der Waals surface area contributed by atoms with Crippen molar-refractivity contribution >= 4 is 40.9 Å². The van der Waals surface area contributed by atoms with Crippen molar-refractivity contribution in [2.45, 2.75) is 0 Å². The van der Waals surface area contributed by atoms with Gasteiger partial charge >= 0.3 is 0 Å². The van der Waals surface area contributed by atoms with Crippen LogP contribution in [0.5, 0.6) is 0 Å². The van der Waals surface area contributed by atoms with Gasteiger partial charge < -0.3 is 15.8 Å². The molecule has 0 saturated carbocycles. The van der Waals surface area contributed by atoms with E-state index in [0.717, 1.165) is 5.56 Å². The fraction of sp³-hybridized carbons (Fsp3) is 0.143. The number of nitrogens with zero attached hydrogens (tertiary/aromatic N) is 1. The molecule has 0 aliphatic carbocycles. The summed E-state index contributed by atoms with van der Waals surface area (Å²) < 4.78 is 19.9. The van der Waals surface area contributed by atoms with E-state index in [1.165, 1.54) is 12.1 Å². The summed E-state index contributed by atoms with van der Waals surface area (Å²) >= 11 is 0. The van der Waals surface area contributed by atoms with E-state index < -0.39 is 11.7 Å². The number of hydrogen-bond acceptors (Lipinski definition) is 5. The molecule has 0 bridgehead atoms. The van der Waals surface area contributed by atoms with Gasteiger partial charge in [0.2, 0.25) is 5.91 Å². The number of nitrogens with one attached hydrogen (secondary N) is 2. The van der Waals surface area contributed by atoms with Crippen molar-refractivity contribution in [3.8, 4) is 0 Å². The highest BCUT2D eigenvalue weighted by atomic mass is 19.1. The highest BCUT2D eigenvalue weighted by molar-refractivity contribution is 6.24. The Kier molecular flexibility index (Phi) is 8.23. The molecule has 4 N–H and O–H groups in total. The standard InChI is InChI=1S/C28H27FN4O3/c29-24-6-2-1-5-22(24)23(28(35)32-33-15-17-36-18-16-33)19-21-11-9-20(10-12-21)13-14-27(34)31-26-8-4-3-7-25(26)30/h1-14,19H,15-18,30H2,(H,31,34)(H,32,35)/b14-13+,23-19?. The van der Waals surface area contributed by atoms with Gasteiger partial charge in [0.15, 0.2) is 0 Å². The molecule has 0 radical (unpaired) electrons. The number of halogens is 1. The summed E-state index contributed by atoms with van der Waals surface area (Å²) in [5, 5.41) is 4.50. The Morgan fingerprint density at radius 3 is 2.31 bits per heavy atom. The molecule has 1 saturated heterocycles. The number of nitrogens with two attached hydrogens (primary N) is 1. The zero-order valence-corrected chi connectivity index (χ0v) is 19.6. The zero-order valence-electron chi connectivity index (χ0n) is 19.6. The lowest BCUT2D eigenvalue weighted by atomic mass is 10.0. The molecule has 0 atom stereocenters. The molecule has 4 rings (SSSR count). The molecule has 2 amide bonds. The maximum Gasteiger partial charge on any atom is 0.266 e. The molecule has 3 aromatic carbocycles. The van der Waals surface area contributed by atoms with Crippen LogP contribution in [0.4, 0.5) is 15.8 Å². The van der Waals surface area contributed by atoms with Crippen LogP contribution < -0.4 is 16.5 Å². The van der Waals surface area contributed by atoms with Crippen LogP contribution in [0, 0.1) is 5.82 Å². The van der Waals surface area contributed by atoms with E-state index in [4.69, 9.17) is 10.5 Å². The van der Waals surface area contributed by atoms with Crippen molar-refractivity contribution in [1.82, 2.24) is 10.4 Å². The van der Waals surface area contributed by atoms with E-state index >= 15 is 0 Å². The van der Waals surface area contributed by atoms with Gasteiger partial charge in [0, 0.05) is 24.7 Å². The Morgan fingerprint density at radius 1 is 0.917 bits per heavy atom. The van der Waals surface area contributed by atoms with E-state index in [0.29, 0.717) is 43.2 Å². The van der Waals surface area contributed by atoms with Gasteiger partial charge in [-0.2, -0.15) is 0 Å². The summed E-state index contributed by atoms with van der Waals surface area (Å²) in [5.41, 5.74) is 11.7. The number of benzene rings is 3. The first-order chi connectivity index (χ1) is 17.5. The summed E-state index contributed by atoms with van der Waals surface area (Å²) in [6, 6.07) is 20.4. The molecular formula is C28H27FN4O3. The summed E-state index contributed by atoms with van der Waals surface area (Å²) in [6.45, 7) is 2.15. The molecular weight excluding hydrogens is 459 g/mol. The second-order valence-corrected chi connectivity index (χ2v) is 8.15. The van der Waals surface area contributed by atoms with Gasteiger partial charge in [0.05, 0.1) is 30.2 Å². The molecule has 1 aliphatic heterocycles. The summed E-state index contributed by atoms with van der Waals surface area (Å²) in [7, 11) is 0. The van der Waals surface area contributed by atoms with Crippen LogP contribution in [-0.2, 0) is 14.3 Å². The fourth-order valence-corrected chi connectivity index (χ4v) is 3.65. The number of hydrazine groups is 1. The monoisotopic (exact) mass is 486 g/mol. The Hall–Kier alpha value is -4.27. The molecule has 0 spiro atoms. The normalized spacial score (nSPS) is 14.5. The van der Waals surface area contributed by atoms with Crippen LogP contribution in [0.15, 0.2) is 78.9 Å². The third-order valence-corrected chi connectivity index (χ3v) is 5.57. The second-order valence-electron chi connectivity index (χ2n) is 8.15. The smallest absolute Gasteiger partial charge is 0.266 e. The number of carbonyl (C=O) groups excluding carboxylic acids is 2. The van der Waals surface area contributed by atoms with Gasteiger partial charge in [-0.05, 0) is 41.5 Å². The molecule has 7 nitrogen and oxygen atoms in total. The van der Waals surface area contributed by atoms with Gasteiger partial charge in [0.1, 0.15) is 5.82 Å². The summed E-state index contributed by atoms with van der Waals surface area (Å²) in [6.07, 6.45) is 4.73. The van der Waals surface area contributed by atoms with Crippen LogP contribution in [-0.4, -0.2) is 43.1 Å². The van der Waals surface area contributed by atoms with Crippen molar-refractivity contribution in [3.63, 3.8) is 0 Å². The average molecular weight is 487 g/mol. The van der Waals surface area contributed by atoms with E-state index in [2.05, 4.69) is 10.7 Å². The van der Waals surface area contributed by atoms with Gasteiger partial charge in [-0.1, -0.05) is 54.6 Å². The molecule has 3 aromatic rings. The van der Waals surface area contributed by atoms with Crippen molar-refractivity contribution in [2.24, 2.45) is 0 Å². The van der Waals surface area contributed by atoms with Crippen LogP contribution >= 0.6 is 0 Å². The molecule has 36 heavy (non-hydrogen) atoms. The number of ether oxygens (including phenoxy) is 1. The minimum absolute atomic E-state index is 0.211. The van der Waals surface area contributed by atoms with Gasteiger partial charge in [-0.25, -0.2) is 9.40 Å². The quantitative estimate of drug-likeness (QED) is 0.267. The Labute approximate surface area is 209 Å². The van der Waals surface area contributed by atoms with E-state index in [9.17, 15) is 14.0 Å². The summed E-state index contributed by atoms with van der Waals surface area (Å²) in [4.78, 5) is 25.3. The number of anilines is 2. The maximum absolute atomic E-state index is 14.6. The highest BCUT2D eigenvalue weighted by Gasteiger charge is 2.19. The van der Waals surface area contributed by atoms with Crippen molar-refractivity contribution < 1.29 is 18.7 Å². The van der Waals surface area contributed by atoms with E-state index in [-0.39, 0.29) is 17.0 Å². The first-order valence-corrected chi connectivity index (χ1v) is 11.5. The minimum atomic E-state index is -0.481. The van der Waals surface area contributed by atoms with Crippen molar-refractivity contribution in [1.29, 1.82) is 0 Å². The number of rotatable bonds is 7. The van der Waals surface area contributed by atoms with E-state index in [1.54, 1.807) is 71.8 Å². The number of carbonyl (C=O) groups is 2. The fourth-order valence-electron chi connectivity index (χ4n) is 3.65. The number of para-hydroxylation sites is 2. The minimum Gasteiger partial charge on any atom is -0.397 e. The highest BCUT2D eigenvalue weighted by Crippen LogP contribution is 2.22. The number of hydrogen-bond donors (Lipinski definition) is 3. The van der Waals surface area contributed by atoms with Crippen LogP contribution in [0.25, 0.3) is 17.7 Å². The first kappa shape index (κ1) is 24.8. The van der Waals surface area contributed by atoms with Crippen LogP contribution in [0.2, 0.25) is 0 Å². The number of amides is 2. The van der Waals surface area contributed by atoms with Crippen LogP contribution in [0.3, 0.4) is 0 Å². The number of nitrogen functional groups attached to an aromatic ring is 1. The molecule has 8 heteroatoms. The van der Waals surface area contributed by atoms with Gasteiger partial charge in [-0.3, -0.25) is 15.0 Å². The molecule has 0 aromatic heterocycles. The molecule has 0 unspecified atom stereocenters.